The number of rotatable bonds is 2. The van der Waals surface area contributed by atoms with Gasteiger partial charge in [0.25, 0.3) is 5.24 Å². The molecule has 0 aliphatic carbocycles. The van der Waals surface area contributed by atoms with E-state index in [9.17, 15) is 18.0 Å². The summed E-state index contributed by atoms with van der Waals surface area (Å²) in [7, 11) is 0. The Balaban J connectivity index is 3.06. The molecule has 0 N–H and O–H groups in total. The highest BCUT2D eigenvalue weighted by Crippen LogP contribution is 2.28. The molecule has 0 aliphatic rings. The molecular weight excluding hydrogens is 347 g/mol. The predicted molar refractivity (Wildman–Crippen MR) is 56.0 cm³/mol. The molecule has 0 spiro atoms. The topological polar surface area (TPSA) is 26.3 Å². The Kier molecular flexibility index (Phi) is 3.82. The number of benzene rings is 1. The van der Waals surface area contributed by atoms with Crippen molar-refractivity contribution in [3.63, 3.8) is 0 Å². The van der Waals surface area contributed by atoms with Crippen LogP contribution in [0.25, 0.3) is 0 Å². The normalized spacial score (nSPS) is 11.3. The molecule has 82 valence electrons. The molecule has 0 bridgehead atoms. The van der Waals surface area contributed by atoms with Gasteiger partial charge in [-0.05, 0) is 52.4 Å². The van der Waals surface area contributed by atoms with Crippen molar-refractivity contribution in [2.75, 3.05) is 0 Å². The zero-order valence-corrected chi connectivity index (χ0v) is 9.85. The lowest BCUT2D eigenvalue weighted by Gasteiger charge is -2.10. The van der Waals surface area contributed by atoms with Crippen LogP contribution in [0.3, 0.4) is 0 Å². The van der Waals surface area contributed by atoms with Gasteiger partial charge < -0.3 is 4.74 Å². The predicted octanol–water partition coefficient (Wildman–Crippen LogP) is 3.57. The third-order valence-corrected chi connectivity index (χ3v) is 2.49. The number of halogens is 5. The standard InChI is InChI=1S/C8H3ClF3IO2/c9-7(14)4-1-2-5(13)6(3-4)15-8(10,11)12/h1-3H. The van der Waals surface area contributed by atoms with Crippen molar-refractivity contribution in [2.45, 2.75) is 6.36 Å². The van der Waals surface area contributed by atoms with Crippen LogP contribution in [0.5, 0.6) is 5.75 Å². The lowest BCUT2D eigenvalue weighted by atomic mass is 10.2. The Hall–Kier alpha value is -0.500. The van der Waals surface area contributed by atoms with E-state index in [0.717, 1.165) is 6.07 Å². The fraction of sp³-hybridized carbons (Fsp3) is 0.125. The average molecular weight is 350 g/mol. The molecule has 0 saturated heterocycles. The number of hydrogen-bond donors (Lipinski definition) is 0. The number of ether oxygens (including phenoxy) is 1. The van der Waals surface area contributed by atoms with Gasteiger partial charge in [-0.15, -0.1) is 13.2 Å². The quantitative estimate of drug-likeness (QED) is 0.602. The van der Waals surface area contributed by atoms with Crippen LogP contribution in [-0.2, 0) is 0 Å². The summed E-state index contributed by atoms with van der Waals surface area (Å²) in [4.78, 5) is 10.7. The summed E-state index contributed by atoms with van der Waals surface area (Å²) in [5.41, 5.74) is -0.0451. The Labute approximate surface area is 101 Å². The van der Waals surface area contributed by atoms with Gasteiger partial charge in [0.15, 0.2) is 0 Å². The van der Waals surface area contributed by atoms with E-state index < -0.39 is 17.4 Å². The van der Waals surface area contributed by atoms with E-state index >= 15 is 0 Å². The second kappa shape index (κ2) is 4.56. The molecule has 0 amide bonds. The highest BCUT2D eigenvalue weighted by Gasteiger charge is 2.32. The minimum Gasteiger partial charge on any atom is -0.405 e. The summed E-state index contributed by atoms with van der Waals surface area (Å²) in [5, 5.41) is -0.835. The maximum absolute atomic E-state index is 11.9. The van der Waals surface area contributed by atoms with Crippen LogP contribution in [0.15, 0.2) is 18.2 Å². The first-order chi connectivity index (χ1) is 6.79. The largest absolute Gasteiger partial charge is 0.573 e. The molecule has 0 aromatic heterocycles. The van der Waals surface area contributed by atoms with Gasteiger partial charge in [0.2, 0.25) is 0 Å². The molecule has 0 fully saturated rings. The number of hydrogen-bond acceptors (Lipinski definition) is 2. The van der Waals surface area contributed by atoms with Crippen molar-refractivity contribution in [1.29, 1.82) is 0 Å². The van der Waals surface area contributed by atoms with Crippen LogP contribution in [0.2, 0.25) is 0 Å². The highest BCUT2D eigenvalue weighted by atomic mass is 127. The van der Waals surface area contributed by atoms with Gasteiger partial charge in [0, 0.05) is 5.56 Å². The van der Waals surface area contributed by atoms with Crippen LogP contribution in [0.4, 0.5) is 13.2 Å². The van der Waals surface area contributed by atoms with Crippen molar-refractivity contribution in [3.05, 3.63) is 27.3 Å². The van der Waals surface area contributed by atoms with Crippen LogP contribution >= 0.6 is 34.2 Å². The van der Waals surface area contributed by atoms with Crippen molar-refractivity contribution in [2.24, 2.45) is 0 Å². The third kappa shape index (κ3) is 3.86. The van der Waals surface area contributed by atoms with Crippen LogP contribution in [0.1, 0.15) is 10.4 Å². The van der Waals surface area contributed by atoms with Crippen molar-refractivity contribution in [1.82, 2.24) is 0 Å². The minimum atomic E-state index is -4.78. The molecule has 1 aromatic carbocycles. The first kappa shape index (κ1) is 12.6. The van der Waals surface area contributed by atoms with Gasteiger partial charge in [-0.25, -0.2) is 0 Å². The van der Waals surface area contributed by atoms with Gasteiger partial charge in [-0.3, -0.25) is 4.79 Å². The van der Waals surface area contributed by atoms with Crippen LogP contribution in [-0.4, -0.2) is 11.6 Å². The summed E-state index contributed by atoms with van der Waals surface area (Å²) in [6, 6.07) is 3.59. The molecule has 1 rings (SSSR count). The average Bonchev–Trinajstić information content (AvgIpc) is 2.06. The summed E-state index contributed by atoms with van der Waals surface area (Å²) < 4.78 is 39.7. The van der Waals surface area contributed by atoms with E-state index in [1.54, 1.807) is 22.6 Å². The maximum atomic E-state index is 11.9. The Morgan fingerprint density at radius 1 is 1.40 bits per heavy atom. The van der Waals surface area contributed by atoms with Crippen molar-refractivity contribution in [3.8, 4) is 5.75 Å². The van der Waals surface area contributed by atoms with E-state index in [2.05, 4.69) is 4.74 Å². The lowest BCUT2D eigenvalue weighted by Crippen LogP contribution is -2.18. The fourth-order valence-electron chi connectivity index (χ4n) is 0.829. The van der Waals surface area contributed by atoms with E-state index in [4.69, 9.17) is 11.6 Å². The minimum absolute atomic E-state index is 0.0451. The number of carbonyl (C=O) groups is 1. The van der Waals surface area contributed by atoms with E-state index in [-0.39, 0.29) is 9.13 Å². The van der Waals surface area contributed by atoms with Gasteiger partial charge in [0.05, 0.1) is 3.57 Å². The lowest BCUT2D eigenvalue weighted by molar-refractivity contribution is -0.274. The van der Waals surface area contributed by atoms with E-state index in [1.807, 2.05) is 0 Å². The van der Waals surface area contributed by atoms with Gasteiger partial charge in [-0.2, -0.15) is 0 Å². The smallest absolute Gasteiger partial charge is 0.405 e. The fourth-order valence-corrected chi connectivity index (χ4v) is 1.39. The summed E-state index contributed by atoms with van der Waals surface area (Å²) in [5.74, 6) is -0.436. The monoisotopic (exact) mass is 350 g/mol. The molecule has 7 heteroatoms. The molecule has 2 nitrogen and oxygen atoms in total. The van der Waals surface area contributed by atoms with E-state index in [1.165, 1.54) is 12.1 Å². The maximum Gasteiger partial charge on any atom is 0.573 e. The second-order valence-corrected chi connectivity index (χ2v) is 3.97. The Morgan fingerprint density at radius 3 is 2.47 bits per heavy atom. The second-order valence-electron chi connectivity index (χ2n) is 2.47. The van der Waals surface area contributed by atoms with Gasteiger partial charge in [0.1, 0.15) is 5.75 Å². The number of carbonyl (C=O) groups excluding carboxylic acids is 1. The molecule has 0 aliphatic heterocycles. The third-order valence-electron chi connectivity index (χ3n) is 1.38. The number of alkyl halides is 3. The summed E-state index contributed by atoms with van der Waals surface area (Å²) in [6.45, 7) is 0. The van der Waals surface area contributed by atoms with Crippen LogP contribution in [0, 0.1) is 3.57 Å². The summed E-state index contributed by atoms with van der Waals surface area (Å²) >= 11 is 6.78. The van der Waals surface area contributed by atoms with Crippen molar-refractivity contribution < 1.29 is 22.7 Å². The Bertz CT molecular complexity index is 392. The molecule has 1 aromatic rings. The van der Waals surface area contributed by atoms with Crippen molar-refractivity contribution >= 4 is 39.4 Å². The molecule has 0 atom stereocenters. The van der Waals surface area contributed by atoms with E-state index in [0.29, 0.717) is 0 Å². The van der Waals surface area contributed by atoms with Crippen LogP contribution < -0.4 is 4.74 Å². The first-order valence-corrected chi connectivity index (χ1v) is 5.00. The zero-order chi connectivity index (χ0) is 11.6. The highest BCUT2D eigenvalue weighted by molar-refractivity contribution is 14.1. The SMILES string of the molecule is O=C(Cl)c1ccc(I)c(OC(F)(F)F)c1. The summed E-state index contributed by atoms with van der Waals surface area (Å²) in [6.07, 6.45) is -4.78. The zero-order valence-electron chi connectivity index (χ0n) is 6.94. The first-order valence-electron chi connectivity index (χ1n) is 3.55. The molecule has 0 heterocycles. The van der Waals surface area contributed by atoms with Gasteiger partial charge >= 0.3 is 6.36 Å². The molecule has 15 heavy (non-hydrogen) atoms. The Morgan fingerprint density at radius 2 is 2.00 bits per heavy atom. The molecule has 0 saturated carbocycles. The molecular formula is C8H3ClF3IO2. The molecule has 0 unspecified atom stereocenters. The van der Waals surface area contributed by atoms with Gasteiger partial charge in [-0.1, -0.05) is 0 Å². The molecule has 0 radical (unpaired) electrons.